The van der Waals surface area contributed by atoms with Crippen molar-refractivity contribution in [2.75, 3.05) is 23.2 Å². The van der Waals surface area contributed by atoms with Gasteiger partial charge in [-0.3, -0.25) is 4.72 Å². The lowest BCUT2D eigenvalue weighted by atomic mass is 10.1. The van der Waals surface area contributed by atoms with Gasteiger partial charge >= 0.3 is 5.97 Å². The third-order valence-corrected chi connectivity index (χ3v) is 5.77. The Morgan fingerprint density at radius 2 is 1.96 bits per heavy atom. The van der Waals surface area contributed by atoms with Gasteiger partial charge in [0.15, 0.2) is 0 Å². The SMILES string of the molecule is Cc1ccc(S(=O)(=O)Nc2ccc(NCC3CCCO3)c(C(=O)O)c2)cc1. The first-order valence-electron chi connectivity index (χ1n) is 8.67. The molecule has 1 saturated heterocycles. The fourth-order valence-corrected chi connectivity index (χ4v) is 3.95. The molecule has 2 aromatic rings. The molecule has 27 heavy (non-hydrogen) atoms. The monoisotopic (exact) mass is 390 g/mol. The molecule has 0 bridgehead atoms. The topological polar surface area (TPSA) is 105 Å². The van der Waals surface area contributed by atoms with Crippen LogP contribution in [0.1, 0.15) is 28.8 Å². The Bertz CT molecular complexity index is 920. The highest BCUT2D eigenvalue weighted by atomic mass is 32.2. The van der Waals surface area contributed by atoms with Gasteiger partial charge in [-0.1, -0.05) is 17.7 Å². The lowest BCUT2D eigenvalue weighted by Crippen LogP contribution is -2.20. The second-order valence-corrected chi connectivity index (χ2v) is 8.18. The van der Waals surface area contributed by atoms with Gasteiger partial charge in [0.05, 0.1) is 16.6 Å². The number of nitrogens with one attached hydrogen (secondary N) is 2. The number of rotatable bonds is 7. The van der Waals surface area contributed by atoms with E-state index in [0.29, 0.717) is 12.2 Å². The number of sulfonamides is 1. The van der Waals surface area contributed by atoms with Crippen molar-refractivity contribution in [3.8, 4) is 0 Å². The summed E-state index contributed by atoms with van der Waals surface area (Å²) < 4.78 is 32.9. The Morgan fingerprint density at radius 1 is 1.22 bits per heavy atom. The van der Waals surface area contributed by atoms with Crippen LogP contribution in [-0.2, 0) is 14.8 Å². The molecule has 0 aliphatic carbocycles. The molecule has 3 rings (SSSR count). The van der Waals surface area contributed by atoms with Crippen LogP contribution in [0.5, 0.6) is 0 Å². The van der Waals surface area contributed by atoms with Gasteiger partial charge in [0.2, 0.25) is 0 Å². The largest absolute Gasteiger partial charge is 0.478 e. The van der Waals surface area contributed by atoms with Crippen LogP contribution in [-0.4, -0.2) is 38.7 Å². The highest BCUT2D eigenvalue weighted by Crippen LogP contribution is 2.24. The minimum Gasteiger partial charge on any atom is -0.478 e. The smallest absolute Gasteiger partial charge is 0.337 e. The summed E-state index contributed by atoms with van der Waals surface area (Å²) in [6.45, 7) is 3.10. The van der Waals surface area contributed by atoms with Crippen molar-refractivity contribution in [2.45, 2.75) is 30.8 Å². The molecule has 0 amide bonds. The predicted octanol–water partition coefficient (Wildman–Crippen LogP) is 3.08. The molecule has 7 nitrogen and oxygen atoms in total. The molecule has 1 atom stereocenters. The van der Waals surface area contributed by atoms with Gasteiger partial charge in [0.1, 0.15) is 0 Å². The van der Waals surface area contributed by atoms with E-state index in [-0.39, 0.29) is 22.3 Å². The van der Waals surface area contributed by atoms with Gasteiger partial charge in [-0.05, 0) is 50.1 Å². The standard InChI is InChI=1S/C19H22N2O5S/c1-13-4-7-16(8-5-13)27(24,25)21-14-6-9-18(17(11-14)19(22)23)20-12-15-3-2-10-26-15/h4-9,11,15,20-21H,2-3,10,12H2,1H3,(H,22,23). The lowest BCUT2D eigenvalue weighted by Gasteiger charge is -2.15. The molecule has 2 aromatic carbocycles. The fraction of sp³-hybridized carbons (Fsp3) is 0.316. The van der Waals surface area contributed by atoms with Crippen LogP contribution in [0, 0.1) is 6.92 Å². The second kappa shape index (κ2) is 7.98. The Labute approximate surface area is 158 Å². The summed E-state index contributed by atoms with van der Waals surface area (Å²) in [6.07, 6.45) is 1.99. The van der Waals surface area contributed by atoms with E-state index in [9.17, 15) is 18.3 Å². The normalized spacial score (nSPS) is 16.9. The molecule has 144 valence electrons. The van der Waals surface area contributed by atoms with Gasteiger partial charge in [0.25, 0.3) is 10.0 Å². The summed E-state index contributed by atoms with van der Waals surface area (Å²) in [5.41, 5.74) is 1.56. The summed E-state index contributed by atoms with van der Waals surface area (Å²) >= 11 is 0. The summed E-state index contributed by atoms with van der Waals surface area (Å²) in [6, 6.07) is 10.8. The molecule has 1 aliphatic heterocycles. The third-order valence-electron chi connectivity index (χ3n) is 4.38. The van der Waals surface area contributed by atoms with Crippen molar-refractivity contribution in [3.05, 3.63) is 53.6 Å². The molecule has 3 N–H and O–H groups in total. The van der Waals surface area contributed by atoms with E-state index in [2.05, 4.69) is 10.0 Å². The maximum absolute atomic E-state index is 12.5. The van der Waals surface area contributed by atoms with Crippen molar-refractivity contribution >= 4 is 27.4 Å². The van der Waals surface area contributed by atoms with E-state index in [1.54, 1.807) is 18.2 Å². The number of aromatic carboxylic acids is 1. The first-order valence-corrected chi connectivity index (χ1v) is 10.2. The highest BCUT2D eigenvalue weighted by Gasteiger charge is 2.19. The van der Waals surface area contributed by atoms with Crippen molar-refractivity contribution in [3.63, 3.8) is 0 Å². The quantitative estimate of drug-likeness (QED) is 0.671. The van der Waals surface area contributed by atoms with E-state index in [1.165, 1.54) is 24.3 Å². The van der Waals surface area contributed by atoms with Crippen LogP contribution >= 0.6 is 0 Å². The lowest BCUT2D eigenvalue weighted by molar-refractivity contribution is 0.0697. The minimum atomic E-state index is -3.79. The van der Waals surface area contributed by atoms with Crippen LogP contribution in [0.2, 0.25) is 0 Å². The Kier molecular flexibility index (Phi) is 5.67. The van der Waals surface area contributed by atoms with E-state index in [0.717, 1.165) is 25.0 Å². The summed E-state index contributed by atoms with van der Waals surface area (Å²) in [4.78, 5) is 11.7. The van der Waals surface area contributed by atoms with Crippen LogP contribution in [0.4, 0.5) is 11.4 Å². The number of ether oxygens (including phenoxy) is 1. The molecule has 8 heteroatoms. The zero-order valence-electron chi connectivity index (χ0n) is 14.9. The number of hydrogen-bond acceptors (Lipinski definition) is 5. The van der Waals surface area contributed by atoms with Gasteiger partial charge in [0, 0.05) is 24.5 Å². The average molecular weight is 390 g/mol. The van der Waals surface area contributed by atoms with Crippen LogP contribution < -0.4 is 10.0 Å². The zero-order chi connectivity index (χ0) is 19.4. The third kappa shape index (κ3) is 4.78. The molecule has 1 aliphatic rings. The molecule has 0 radical (unpaired) electrons. The van der Waals surface area contributed by atoms with Crippen molar-refractivity contribution in [1.29, 1.82) is 0 Å². The number of anilines is 2. The first kappa shape index (κ1) is 19.2. The highest BCUT2D eigenvalue weighted by molar-refractivity contribution is 7.92. The number of benzene rings is 2. The van der Waals surface area contributed by atoms with Crippen LogP contribution in [0.25, 0.3) is 0 Å². The van der Waals surface area contributed by atoms with Gasteiger partial charge < -0.3 is 15.2 Å². The molecule has 0 aromatic heterocycles. The minimum absolute atomic E-state index is 0.00268. The summed E-state index contributed by atoms with van der Waals surface area (Å²) in [5.74, 6) is -1.14. The molecule has 1 heterocycles. The maximum Gasteiger partial charge on any atom is 0.337 e. The Balaban J connectivity index is 1.78. The van der Waals surface area contributed by atoms with Crippen molar-refractivity contribution in [2.24, 2.45) is 0 Å². The Morgan fingerprint density at radius 3 is 2.59 bits per heavy atom. The molecular formula is C19H22N2O5S. The molecule has 1 fully saturated rings. The van der Waals surface area contributed by atoms with Gasteiger partial charge in [-0.15, -0.1) is 0 Å². The Hall–Kier alpha value is -2.58. The molecular weight excluding hydrogens is 368 g/mol. The van der Waals surface area contributed by atoms with Gasteiger partial charge in [-0.25, -0.2) is 13.2 Å². The maximum atomic E-state index is 12.5. The van der Waals surface area contributed by atoms with E-state index < -0.39 is 16.0 Å². The van der Waals surface area contributed by atoms with Crippen LogP contribution in [0.3, 0.4) is 0 Å². The predicted molar refractivity (Wildman–Crippen MR) is 103 cm³/mol. The molecule has 0 saturated carbocycles. The number of carboxylic acids is 1. The number of carbonyl (C=O) groups is 1. The van der Waals surface area contributed by atoms with E-state index >= 15 is 0 Å². The fourth-order valence-electron chi connectivity index (χ4n) is 2.90. The zero-order valence-corrected chi connectivity index (χ0v) is 15.8. The van der Waals surface area contributed by atoms with Crippen molar-refractivity contribution in [1.82, 2.24) is 0 Å². The second-order valence-electron chi connectivity index (χ2n) is 6.50. The van der Waals surface area contributed by atoms with Gasteiger partial charge in [-0.2, -0.15) is 0 Å². The average Bonchev–Trinajstić information content (AvgIpc) is 3.14. The summed E-state index contributed by atoms with van der Waals surface area (Å²) in [7, 11) is -3.79. The first-order chi connectivity index (χ1) is 12.8. The number of hydrogen-bond donors (Lipinski definition) is 3. The van der Waals surface area contributed by atoms with Crippen molar-refractivity contribution < 1.29 is 23.1 Å². The van der Waals surface area contributed by atoms with Crippen LogP contribution in [0.15, 0.2) is 47.4 Å². The molecule has 1 unspecified atom stereocenters. The molecule has 0 spiro atoms. The summed E-state index contributed by atoms with van der Waals surface area (Å²) in [5, 5.41) is 12.6. The van der Waals surface area contributed by atoms with E-state index in [1.807, 2.05) is 6.92 Å². The van der Waals surface area contributed by atoms with E-state index in [4.69, 9.17) is 4.74 Å². The number of carboxylic acid groups (broad SMARTS) is 1. The number of aryl methyl sites for hydroxylation is 1.